The SMILES string of the molecule is COc1cc2nc(N(CCCN(C)C)C(=O)c3cc(Cl)sc3Cl)sc2cc1OC. The molecule has 3 rings (SSSR count). The van der Waals surface area contributed by atoms with Gasteiger partial charge in [0.05, 0.1) is 34.3 Å². The highest BCUT2D eigenvalue weighted by Gasteiger charge is 2.25. The van der Waals surface area contributed by atoms with Crippen LogP contribution in [0.15, 0.2) is 18.2 Å². The average Bonchev–Trinajstić information content (AvgIpc) is 3.24. The highest BCUT2D eigenvalue weighted by atomic mass is 35.5. The lowest BCUT2D eigenvalue weighted by Gasteiger charge is -2.20. The van der Waals surface area contributed by atoms with Gasteiger partial charge in [-0.05, 0) is 33.1 Å². The number of carbonyl (C=O) groups excluding carboxylic acids is 1. The number of methoxy groups -OCH3 is 2. The first-order chi connectivity index (χ1) is 13.8. The van der Waals surface area contributed by atoms with Crippen molar-refractivity contribution in [3.63, 3.8) is 0 Å². The molecule has 1 amide bonds. The third kappa shape index (κ3) is 4.95. The summed E-state index contributed by atoms with van der Waals surface area (Å²) in [5.74, 6) is 0.998. The third-order valence-corrected chi connectivity index (χ3v) is 6.76. The molecule has 0 radical (unpaired) electrons. The molecule has 0 fully saturated rings. The normalized spacial score (nSPS) is 11.3. The maximum Gasteiger partial charge on any atom is 0.262 e. The van der Waals surface area contributed by atoms with Crippen molar-refractivity contribution in [2.45, 2.75) is 6.42 Å². The van der Waals surface area contributed by atoms with Crippen LogP contribution in [0.1, 0.15) is 16.8 Å². The Hall–Kier alpha value is -1.58. The molecule has 0 aliphatic heterocycles. The van der Waals surface area contributed by atoms with Gasteiger partial charge in [0.15, 0.2) is 16.6 Å². The highest BCUT2D eigenvalue weighted by Crippen LogP contribution is 2.39. The molecule has 2 heterocycles. The first kappa shape index (κ1) is 22.1. The molecule has 0 aliphatic carbocycles. The van der Waals surface area contributed by atoms with E-state index in [0.717, 1.165) is 23.2 Å². The van der Waals surface area contributed by atoms with Crippen molar-refractivity contribution in [2.24, 2.45) is 0 Å². The first-order valence-corrected chi connectivity index (χ1v) is 11.2. The van der Waals surface area contributed by atoms with Crippen molar-refractivity contribution in [1.82, 2.24) is 9.88 Å². The van der Waals surface area contributed by atoms with Crippen LogP contribution in [0.5, 0.6) is 11.5 Å². The van der Waals surface area contributed by atoms with Crippen LogP contribution >= 0.6 is 45.9 Å². The Labute approximate surface area is 187 Å². The summed E-state index contributed by atoms with van der Waals surface area (Å²) in [6.07, 6.45) is 0.788. The van der Waals surface area contributed by atoms with Crippen LogP contribution in [-0.4, -0.2) is 57.2 Å². The van der Waals surface area contributed by atoms with E-state index in [0.29, 0.717) is 37.4 Å². The molecule has 0 spiro atoms. The number of carbonyl (C=O) groups is 1. The topological polar surface area (TPSA) is 54.9 Å². The monoisotopic (exact) mass is 473 g/mol. The molecule has 156 valence electrons. The van der Waals surface area contributed by atoms with E-state index in [-0.39, 0.29) is 5.91 Å². The number of nitrogens with zero attached hydrogens (tertiary/aromatic N) is 3. The number of hydrogen-bond donors (Lipinski definition) is 0. The smallest absolute Gasteiger partial charge is 0.262 e. The van der Waals surface area contributed by atoms with Gasteiger partial charge < -0.3 is 14.4 Å². The number of thiophene rings is 1. The fraction of sp³-hybridized carbons (Fsp3) is 0.368. The van der Waals surface area contributed by atoms with E-state index < -0.39 is 0 Å². The van der Waals surface area contributed by atoms with Crippen LogP contribution in [0.4, 0.5) is 5.13 Å². The van der Waals surface area contributed by atoms with Gasteiger partial charge in [-0.15, -0.1) is 11.3 Å². The summed E-state index contributed by atoms with van der Waals surface area (Å²) in [6, 6.07) is 5.28. The molecule has 6 nitrogen and oxygen atoms in total. The Kier molecular flexibility index (Phi) is 7.23. The molecule has 0 N–H and O–H groups in total. The van der Waals surface area contributed by atoms with Gasteiger partial charge in [0.2, 0.25) is 0 Å². The number of aromatic nitrogens is 1. The molecule has 1 aromatic carbocycles. The molecule has 3 aromatic rings. The number of thiazole rings is 1. The van der Waals surface area contributed by atoms with Crippen molar-refractivity contribution < 1.29 is 14.3 Å². The maximum absolute atomic E-state index is 13.3. The maximum atomic E-state index is 13.3. The van der Waals surface area contributed by atoms with Crippen LogP contribution < -0.4 is 14.4 Å². The number of fused-ring (bicyclic) bond motifs is 1. The largest absolute Gasteiger partial charge is 0.493 e. The average molecular weight is 474 g/mol. The Morgan fingerprint density at radius 3 is 2.34 bits per heavy atom. The number of halogens is 2. The summed E-state index contributed by atoms with van der Waals surface area (Å²) in [7, 11) is 7.16. The lowest BCUT2D eigenvalue weighted by molar-refractivity contribution is 0.0986. The first-order valence-electron chi connectivity index (χ1n) is 8.78. The lowest BCUT2D eigenvalue weighted by atomic mass is 10.2. The summed E-state index contributed by atoms with van der Waals surface area (Å²) < 4.78 is 12.5. The number of anilines is 1. The van der Waals surface area contributed by atoms with E-state index in [1.807, 2.05) is 26.2 Å². The second-order valence-corrected chi connectivity index (χ2v) is 9.82. The van der Waals surface area contributed by atoms with E-state index in [1.54, 1.807) is 25.2 Å². The molecule has 0 aliphatic rings. The molecular weight excluding hydrogens is 453 g/mol. The Bertz CT molecular complexity index is 979. The number of amides is 1. The molecule has 0 unspecified atom stereocenters. The molecule has 29 heavy (non-hydrogen) atoms. The van der Waals surface area contributed by atoms with Gasteiger partial charge in [0.25, 0.3) is 5.91 Å². The summed E-state index contributed by atoms with van der Waals surface area (Å²) >= 11 is 14.9. The van der Waals surface area contributed by atoms with Crippen LogP contribution in [0.3, 0.4) is 0 Å². The predicted molar refractivity (Wildman–Crippen MR) is 122 cm³/mol. The van der Waals surface area contributed by atoms with Crippen LogP contribution in [0.25, 0.3) is 10.2 Å². The van der Waals surface area contributed by atoms with E-state index in [4.69, 9.17) is 32.7 Å². The molecule has 2 aromatic heterocycles. The molecule has 10 heteroatoms. The minimum atomic E-state index is -0.213. The highest BCUT2D eigenvalue weighted by molar-refractivity contribution is 7.22. The number of hydrogen-bond acceptors (Lipinski definition) is 7. The standard InChI is InChI=1S/C19H21Cl2N3O3S2/c1-23(2)6-5-7-24(18(25)11-8-16(20)29-17(11)21)19-22-12-9-13(26-3)14(27-4)10-15(12)28-19/h8-10H,5-7H2,1-4H3. The van der Waals surface area contributed by atoms with Gasteiger partial charge in [-0.1, -0.05) is 34.5 Å². The molecule has 0 saturated heterocycles. The zero-order valence-corrected chi connectivity index (χ0v) is 19.6. The Morgan fingerprint density at radius 2 is 1.76 bits per heavy atom. The number of benzene rings is 1. The fourth-order valence-electron chi connectivity index (χ4n) is 2.82. The summed E-state index contributed by atoms with van der Waals surface area (Å²) in [5.41, 5.74) is 1.13. The quantitative estimate of drug-likeness (QED) is 0.445. The van der Waals surface area contributed by atoms with Crippen molar-refractivity contribution >= 4 is 67.1 Å². The van der Waals surface area contributed by atoms with Gasteiger partial charge in [-0.3, -0.25) is 9.69 Å². The zero-order chi connectivity index (χ0) is 21.1. The van der Waals surface area contributed by atoms with Crippen LogP contribution in [-0.2, 0) is 0 Å². The predicted octanol–water partition coefficient (Wildman–Crippen LogP) is 5.28. The summed E-state index contributed by atoms with van der Waals surface area (Å²) in [6.45, 7) is 1.35. The van der Waals surface area contributed by atoms with Gasteiger partial charge in [0, 0.05) is 18.7 Å². The van der Waals surface area contributed by atoms with E-state index >= 15 is 0 Å². The van der Waals surface area contributed by atoms with E-state index in [1.165, 1.54) is 22.7 Å². The molecule has 0 saturated carbocycles. The summed E-state index contributed by atoms with van der Waals surface area (Å²) in [5, 5.41) is 0.595. The van der Waals surface area contributed by atoms with Crippen molar-refractivity contribution in [3.05, 3.63) is 32.4 Å². The second-order valence-electron chi connectivity index (χ2n) is 6.52. The van der Waals surface area contributed by atoms with Gasteiger partial charge >= 0.3 is 0 Å². The van der Waals surface area contributed by atoms with Crippen LogP contribution in [0, 0.1) is 0 Å². The van der Waals surface area contributed by atoms with Crippen molar-refractivity contribution in [2.75, 3.05) is 46.3 Å². The van der Waals surface area contributed by atoms with Gasteiger partial charge in [0.1, 0.15) is 4.34 Å². The second kappa shape index (κ2) is 9.49. The minimum absolute atomic E-state index is 0.213. The third-order valence-electron chi connectivity index (χ3n) is 4.23. The molecule has 0 atom stereocenters. The number of ether oxygens (including phenoxy) is 2. The Balaban J connectivity index is 2.00. The van der Waals surface area contributed by atoms with Gasteiger partial charge in [-0.2, -0.15) is 0 Å². The molecule has 0 bridgehead atoms. The fourth-order valence-corrected chi connectivity index (χ4v) is 5.27. The van der Waals surface area contributed by atoms with Gasteiger partial charge in [-0.25, -0.2) is 4.98 Å². The van der Waals surface area contributed by atoms with Crippen molar-refractivity contribution in [3.8, 4) is 11.5 Å². The van der Waals surface area contributed by atoms with Crippen LogP contribution in [0.2, 0.25) is 8.67 Å². The Morgan fingerprint density at radius 1 is 1.07 bits per heavy atom. The summed E-state index contributed by atoms with van der Waals surface area (Å²) in [4.78, 5) is 21.7. The minimum Gasteiger partial charge on any atom is -0.493 e. The van der Waals surface area contributed by atoms with E-state index in [2.05, 4.69) is 9.88 Å². The van der Waals surface area contributed by atoms with E-state index in [9.17, 15) is 4.79 Å². The molecular formula is C19H21Cl2N3O3S2. The van der Waals surface area contributed by atoms with Crippen molar-refractivity contribution in [1.29, 1.82) is 0 Å². The zero-order valence-electron chi connectivity index (χ0n) is 16.5. The lowest BCUT2D eigenvalue weighted by Crippen LogP contribution is -2.33. The number of rotatable bonds is 8.